The molecule has 0 spiro atoms. The number of pyridine rings is 1. The number of hydrogen-bond donors (Lipinski definition) is 2. The molecule has 0 saturated carbocycles. The van der Waals surface area contributed by atoms with E-state index in [4.69, 9.17) is 16.3 Å². The summed E-state index contributed by atoms with van der Waals surface area (Å²) in [6.45, 7) is 11.0. The average Bonchev–Trinajstić information content (AvgIpc) is 2.94. The van der Waals surface area contributed by atoms with Gasteiger partial charge in [0, 0.05) is 23.6 Å². The molecule has 1 atom stereocenters. The van der Waals surface area contributed by atoms with Crippen molar-refractivity contribution in [3.8, 4) is 11.5 Å². The number of nitrogens with one attached hydrogen (secondary N) is 1. The zero-order chi connectivity index (χ0) is 29.8. The summed E-state index contributed by atoms with van der Waals surface area (Å²) in [5.74, 6) is 0.568. The normalized spacial score (nSPS) is 12.7. The van der Waals surface area contributed by atoms with Gasteiger partial charge in [-0.2, -0.15) is 0 Å². The highest BCUT2D eigenvalue weighted by Gasteiger charge is 2.23. The number of nitrogens with zero attached hydrogens (tertiary/aromatic N) is 1. The van der Waals surface area contributed by atoms with E-state index >= 15 is 0 Å². The Balaban J connectivity index is 1.73. The highest BCUT2D eigenvalue weighted by molar-refractivity contribution is 6.35. The highest BCUT2D eigenvalue weighted by Crippen LogP contribution is 2.39. The van der Waals surface area contributed by atoms with Crippen LogP contribution in [0.5, 0.6) is 11.5 Å². The number of rotatable bonds is 14. The van der Waals surface area contributed by atoms with Crippen LogP contribution in [0.15, 0.2) is 83.6 Å². The molecule has 0 radical (unpaired) electrons. The van der Waals surface area contributed by atoms with Gasteiger partial charge in [-0.05, 0) is 102 Å². The molecule has 0 saturated heterocycles. The van der Waals surface area contributed by atoms with E-state index in [2.05, 4.69) is 56.2 Å². The summed E-state index contributed by atoms with van der Waals surface area (Å²) >= 11 is 6.58. The number of carbonyl (C=O) groups is 1. The number of ether oxygens (including phenoxy) is 1. The Morgan fingerprint density at radius 3 is 2.46 bits per heavy atom. The second-order valence-electron chi connectivity index (χ2n) is 10.8. The van der Waals surface area contributed by atoms with Crippen LogP contribution in [-0.2, 0) is 4.79 Å². The van der Waals surface area contributed by atoms with Crippen molar-refractivity contribution < 1.29 is 14.6 Å². The zero-order valence-corrected chi connectivity index (χ0v) is 25.7. The van der Waals surface area contributed by atoms with Crippen molar-refractivity contribution >= 4 is 28.4 Å². The van der Waals surface area contributed by atoms with Crippen LogP contribution in [0.4, 0.5) is 0 Å². The number of carbonyl (C=O) groups excluding carboxylic acids is 1. The summed E-state index contributed by atoms with van der Waals surface area (Å²) in [6, 6.07) is 12.3. The second kappa shape index (κ2) is 16.0. The fourth-order valence-electron chi connectivity index (χ4n) is 4.63. The van der Waals surface area contributed by atoms with Crippen molar-refractivity contribution in [3.05, 3.63) is 99.8 Å². The minimum atomic E-state index is -0.620. The van der Waals surface area contributed by atoms with Crippen molar-refractivity contribution in [2.75, 3.05) is 6.61 Å². The Kier molecular flexibility index (Phi) is 12.5. The van der Waals surface area contributed by atoms with Crippen LogP contribution >= 0.6 is 11.6 Å². The molecule has 3 rings (SSSR count). The van der Waals surface area contributed by atoms with Crippen LogP contribution in [0.2, 0.25) is 5.02 Å². The molecule has 2 aromatic carbocycles. The molecule has 6 heteroatoms. The summed E-state index contributed by atoms with van der Waals surface area (Å²) in [4.78, 5) is 17.0. The van der Waals surface area contributed by atoms with Crippen molar-refractivity contribution in [3.63, 3.8) is 0 Å². The van der Waals surface area contributed by atoms with Crippen LogP contribution in [0.1, 0.15) is 90.3 Å². The van der Waals surface area contributed by atoms with Crippen molar-refractivity contribution in [1.29, 1.82) is 0 Å². The molecule has 0 aliphatic carbocycles. The van der Waals surface area contributed by atoms with Gasteiger partial charge in [-0.1, -0.05) is 59.5 Å². The molecular formula is C35H43ClN2O3. The summed E-state index contributed by atoms with van der Waals surface area (Å²) in [6.07, 6.45) is 13.6. The minimum absolute atomic E-state index is 0.00194. The lowest BCUT2D eigenvalue weighted by Gasteiger charge is -2.22. The first-order valence-corrected chi connectivity index (χ1v) is 14.8. The maximum Gasteiger partial charge on any atom is 0.220 e. The number of halogens is 1. The number of aromatic hydroxyl groups is 1. The standard InChI is InChI=1S/C35H43ClN2O3/c1-6-11-32(39)38-33(30-23-31(36)29-18-10-20-37-34(29)35(30)40)27-16-9-17-28(22-27)41-21-19-26(5)15-8-14-25(4)13-7-12-24(2)3/h9-10,12,14,16-20,22-23,33,40H,6-8,11,13,15,21H2,1-5H3,(H,38,39)/b25-14+,26-19+. The zero-order valence-electron chi connectivity index (χ0n) is 25.0. The van der Waals surface area contributed by atoms with E-state index in [1.54, 1.807) is 18.3 Å². The third kappa shape index (κ3) is 9.79. The first kappa shape index (κ1) is 32.0. The fraction of sp³-hybridized carbons (Fsp3) is 0.371. The molecule has 0 aliphatic rings. The van der Waals surface area contributed by atoms with Crippen molar-refractivity contribution in [2.45, 2.75) is 79.2 Å². The number of phenols is 1. The SMILES string of the molecule is CCCC(=O)NC(c1cccc(OC/C=C(\C)CC/C=C(\C)CCC=C(C)C)c1)c1cc(Cl)c2cccnc2c1O. The molecule has 1 aromatic heterocycles. The Bertz CT molecular complexity index is 1420. The first-order valence-electron chi connectivity index (χ1n) is 14.4. The van der Waals surface area contributed by atoms with E-state index < -0.39 is 6.04 Å². The lowest BCUT2D eigenvalue weighted by atomic mass is 9.95. The number of phenolic OH excluding ortho intramolecular Hbond substituents is 1. The van der Waals surface area contributed by atoms with Gasteiger partial charge in [0.1, 0.15) is 23.6 Å². The monoisotopic (exact) mass is 574 g/mol. The second-order valence-corrected chi connectivity index (χ2v) is 11.2. The maximum atomic E-state index is 12.7. The lowest BCUT2D eigenvalue weighted by Crippen LogP contribution is -2.29. The number of benzene rings is 2. The fourth-order valence-corrected chi connectivity index (χ4v) is 4.90. The molecule has 1 amide bonds. The highest BCUT2D eigenvalue weighted by atomic mass is 35.5. The Morgan fingerprint density at radius 2 is 1.73 bits per heavy atom. The quantitative estimate of drug-likeness (QED) is 0.188. The number of allylic oxidation sites excluding steroid dienone is 5. The molecule has 1 heterocycles. The Morgan fingerprint density at radius 1 is 1.00 bits per heavy atom. The minimum Gasteiger partial charge on any atom is -0.505 e. The summed E-state index contributed by atoms with van der Waals surface area (Å²) in [7, 11) is 0. The van der Waals surface area contributed by atoms with Gasteiger partial charge < -0.3 is 15.2 Å². The molecule has 5 nitrogen and oxygen atoms in total. The predicted molar refractivity (Wildman–Crippen MR) is 171 cm³/mol. The lowest BCUT2D eigenvalue weighted by molar-refractivity contribution is -0.121. The van der Waals surface area contributed by atoms with E-state index in [0.717, 1.165) is 31.2 Å². The number of fused-ring (bicyclic) bond motifs is 1. The van der Waals surface area contributed by atoms with Gasteiger partial charge >= 0.3 is 0 Å². The third-order valence-corrected chi connectivity index (χ3v) is 7.25. The number of hydrogen-bond acceptors (Lipinski definition) is 4. The van der Waals surface area contributed by atoms with Crippen LogP contribution in [0.3, 0.4) is 0 Å². The Labute approximate surface area is 250 Å². The Hall–Kier alpha value is -3.57. The largest absolute Gasteiger partial charge is 0.505 e. The van der Waals surface area contributed by atoms with E-state index in [9.17, 15) is 9.90 Å². The van der Waals surface area contributed by atoms with Crippen LogP contribution in [0.25, 0.3) is 10.9 Å². The molecule has 3 aromatic rings. The van der Waals surface area contributed by atoms with E-state index in [-0.39, 0.29) is 11.7 Å². The summed E-state index contributed by atoms with van der Waals surface area (Å²) in [5, 5.41) is 15.4. The molecule has 0 bridgehead atoms. The molecule has 1 unspecified atom stereocenters. The van der Waals surface area contributed by atoms with Crippen LogP contribution in [-0.4, -0.2) is 22.6 Å². The van der Waals surface area contributed by atoms with Gasteiger partial charge in [-0.25, -0.2) is 0 Å². The molecule has 0 fully saturated rings. The topological polar surface area (TPSA) is 71.5 Å². The number of amides is 1. The van der Waals surface area contributed by atoms with Gasteiger partial charge in [-0.15, -0.1) is 0 Å². The molecular weight excluding hydrogens is 532 g/mol. The van der Waals surface area contributed by atoms with Gasteiger partial charge in [-0.3, -0.25) is 9.78 Å². The van der Waals surface area contributed by atoms with Gasteiger partial charge in [0.2, 0.25) is 5.91 Å². The maximum absolute atomic E-state index is 12.7. The average molecular weight is 575 g/mol. The third-order valence-electron chi connectivity index (χ3n) is 6.93. The molecule has 218 valence electrons. The van der Waals surface area contributed by atoms with E-state index in [1.165, 1.54) is 16.7 Å². The number of aromatic nitrogens is 1. The van der Waals surface area contributed by atoms with Crippen molar-refractivity contribution in [2.24, 2.45) is 0 Å². The smallest absolute Gasteiger partial charge is 0.220 e. The van der Waals surface area contributed by atoms with Gasteiger partial charge in [0.15, 0.2) is 0 Å². The van der Waals surface area contributed by atoms with E-state index in [0.29, 0.717) is 46.7 Å². The molecule has 2 N–H and O–H groups in total. The van der Waals surface area contributed by atoms with Gasteiger partial charge in [0.05, 0.1) is 11.1 Å². The summed E-state index contributed by atoms with van der Waals surface area (Å²) < 4.78 is 6.07. The molecule has 0 aliphatic heterocycles. The van der Waals surface area contributed by atoms with Crippen molar-refractivity contribution in [1.82, 2.24) is 10.3 Å². The summed E-state index contributed by atoms with van der Waals surface area (Å²) in [5.41, 5.74) is 5.75. The van der Waals surface area contributed by atoms with Crippen LogP contribution < -0.4 is 10.1 Å². The van der Waals surface area contributed by atoms with Gasteiger partial charge in [0.25, 0.3) is 0 Å². The van der Waals surface area contributed by atoms with Crippen LogP contribution in [0, 0.1) is 0 Å². The molecule has 41 heavy (non-hydrogen) atoms. The first-order chi connectivity index (χ1) is 19.7. The predicted octanol–water partition coefficient (Wildman–Crippen LogP) is 9.40. The van der Waals surface area contributed by atoms with E-state index in [1.807, 2.05) is 37.3 Å².